The van der Waals surface area contributed by atoms with Crippen LogP contribution in [-0.4, -0.2) is 29.8 Å². The van der Waals surface area contributed by atoms with Crippen LogP contribution in [0.4, 0.5) is 0 Å². The fourth-order valence-corrected chi connectivity index (χ4v) is 5.74. The van der Waals surface area contributed by atoms with E-state index in [9.17, 15) is 13.2 Å². The summed E-state index contributed by atoms with van der Waals surface area (Å²) >= 11 is 2.48. The zero-order chi connectivity index (χ0) is 15.0. The second-order valence-electron chi connectivity index (χ2n) is 4.82. The van der Waals surface area contributed by atoms with Crippen LogP contribution in [0.3, 0.4) is 0 Å². The Balaban J connectivity index is 1.91. The van der Waals surface area contributed by atoms with E-state index in [-0.39, 0.29) is 15.8 Å². The molecule has 0 saturated heterocycles. The van der Waals surface area contributed by atoms with Crippen molar-refractivity contribution in [3.05, 3.63) is 39.4 Å². The van der Waals surface area contributed by atoms with E-state index in [1.165, 1.54) is 27.1 Å². The van der Waals surface area contributed by atoms with Gasteiger partial charge in [0.25, 0.3) is 10.0 Å². The molecule has 21 heavy (non-hydrogen) atoms. The summed E-state index contributed by atoms with van der Waals surface area (Å²) in [6, 6.07) is 5.08. The summed E-state index contributed by atoms with van der Waals surface area (Å²) in [7, 11) is -3.63. The largest absolute Gasteiger partial charge is 0.478 e. The number of thiophene rings is 2. The van der Waals surface area contributed by atoms with Crippen molar-refractivity contribution in [2.75, 3.05) is 0 Å². The van der Waals surface area contributed by atoms with Gasteiger partial charge in [0.1, 0.15) is 4.21 Å². The highest BCUT2D eigenvalue weighted by molar-refractivity contribution is 7.91. The summed E-state index contributed by atoms with van der Waals surface area (Å²) in [5.41, 5.74) is 0.0189. The van der Waals surface area contributed by atoms with Crippen LogP contribution in [0, 0.1) is 0 Å². The molecule has 0 atom stereocenters. The number of aromatic carboxylic acids is 1. The van der Waals surface area contributed by atoms with E-state index in [1.54, 1.807) is 0 Å². The van der Waals surface area contributed by atoms with Gasteiger partial charge in [-0.1, -0.05) is 6.07 Å². The molecule has 0 radical (unpaired) electrons. The highest BCUT2D eigenvalue weighted by atomic mass is 32.2. The number of carbonyl (C=O) groups is 1. The van der Waals surface area contributed by atoms with Gasteiger partial charge in [0.2, 0.25) is 0 Å². The van der Waals surface area contributed by atoms with Gasteiger partial charge in [0.15, 0.2) is 0 Å². The fraction of sp³-hybridized carbons (Fsp3) is 0.308. The summed E-state index contributed by atoms with van der Waals surface area (Å²) < 4.78 is 27.0. The highest BCUT2D eigenvalue weighted by Gasteiger charge is 2.39. The summed E-state index contributed by atoms with van der Waals surface area (Å²) in [6.07, 6.45) is 1.73. The maximum absolute atomic E-state index is 12.7. The molecule has 2 heterocycles. The Morgan fingerprint density at radius 1 is 1.38 bits per heavy atom. The summed E-state index contributed by atoms with van der Waals surface area (Å²) in [5, 5.41) is 12.2. The number of carboxylic acid groups (broad SMARTS) is 1. The summed E-state index contributed by atoms with van der Waals surface area (Å²) in [6.45, 7) is 0.352. The molecule has 0 amide bonds. The molecule has 2 aromatic heterocycles. The average Bonchev–Trinajstić information content (AvgIpc) is 2.95. The predicted molar refractivity (Wildman–Crippen MR) is 81.3 cm³/mol. The first-order valence-electron chi connectivity index (χ1n) is 6.34. The Morgan fingerprint density at radius 3 is 2.67 bits per heavy atom. The van der Waals surface area contributed by atoms with E-state index in [2.05, 4.69) is 0 Å². The number of rotatable bonds is 6. The van der Waals surface area contributed by atoms with Crippen LogP contribution in [0.25, 0.3) is 0 Å². The monoisotopic (exact) mass is 343 g/mol. The van der Waals surface area contributed by atoms with Gasteiger partial charge in [-0.25, -0.2) is 13.2 Å². The van der Waals surface area contributed by atoms with Crippen molar-refractivity contribution < 1.29 is 18.3 Å². The highest BCUT2D eigenvalue weighted by Crippen LogP contribution is 2.35. The van der Waals surface area contributed by atoms with Gasteiger partial charge in [-0.15, -0.1) is 22.7 Å². The molecule has 8 heteroatoms. The number of sulfonamides is 1. The van der Waals surface area contributed by atoms with Gasteiger partial charge in [-0.3, -0.25) is 0 Å². The molecule has 0 aliphatic heterocycles. The van der Waals surface area contributed by atoms with Crippen LogP contribution < -0.4 is 0 Å². The number of hydrogen-bond donors (Lipinski definition) is 1. The second-order valence-corrected chi connectivity index (χ2v) is 8.88. The first-order valence-corrected chi connectivity index (χ1v) is 9.54. The van der Waals surface area contributed by atoms with Crippen LogP contribution in [0.5, 0.6) is 0 Å². The standard InChI is InChI=1S/C13H13NO4S3/c15-13(16)9-6-12(20-8-9)21(17,18)14(10-3-4-10)7-11-2-1-5-19-11/h1-2,5-6,8,10H,3-4,7H2,(H,15,16). The van der Waals surface area contributed by atoms with Gasteiger partial charge in [-0.05, 0) is 30.4 Å². The Bertz CT molecular complexity index is 744. The SMILES string of the molecule is O=C(O)c1csc(S(=O)(=O)N(Cc2cccs2)C2CC2)c1. The van der Waals surface area contributed by atoms with E-state index in [4.69, 9.17) is 5.11 Å². The third kappa shape index (κ3) is 3.03. The van der Waals surface area contributed by atoms with Gasteiger partial charge < -0.3 is 5.11 Å². The minimum absolute atomic E-state index is 0.0189. The van der Waals surface area contributed by atoms with Crippen LogP contribution in [0.1, 0.15) is 28.1 Å². The topological polar surface area (TPSA) is 74.7 Å². The van der Waals surface area contributed by atoms with Gasteiger partial charge >= 0.3 is 5.97 Å². The van der Waals surface area contributed by atoms with E-state index in [1.807, 2.05) is 17.5 Å². The van der Waals surface area contributed by atoms with E-state index >= 15 is 0 Å². The lowest BCUT2D eigenvalue weighted by atomic mass is 10.4. The Morgan fingerprint density at radius 2 is 2.14 bits per heavy atom. The van der Waals surface area contributed by atoms with Crippen molar-refractivity contribution in [1.29, 1.82) is 0 Å². The van der Waals surface area contributed by atoms with Crippen LogP contribution in [0.2, 0.25) is 0 Å². The summed E-state index contributed by atoms with van der Waals surface area (Å²) in [4.78, 5) is 11.9. The molecule has 1 fully saturated rings. The van der Waals surface area contributed by atoms with Crippen LogP contribution >= 0.6 is 22.7 Å². The van der Waals surface area contributed by atoms with E-state index < -0.39 is 16.0 Å². The third-order valence-corrected chi connectivity index (χ3v) is 7.41. The molecule has 0 spiro atoms. The quantitative estimate of drug-likeness (QED) is 0.875. The van der Waals surface area contributed by atoms with Crippen molar-refractivity contribution in [1.82, 2.24) is 4.31 Å². The third-order valence-electron chi connectivity index (χ3n) is 3.23. The Kier molecular flexibility index (Phi) is 3.87. The van der Waals surface area contributed by atoms with Crippen molar-refractivity contribution in [2.24, 2.45) is 0 Å². The molecule has 3 rings (SSSR count). The fourth-order valence-electron chi connectivity index (χ4n) is 2.01. The molecule has 112 valence electrons. The molecule has 1 N–H and O–H groups in total. The molecular weight excluding hydrogens is 330 g/mol. The molecule has 1 aliphatic carbocycles. The normalized spacial score (nSPS) is 15.5. The van der Waals surface area contributed by atoms with Gasteiger partial charge in [0.05, 0.1) is 5.56 Å². The molecule has 0 unspecified atom stereocenters. The second kappa shape index (κ2) is 5.53. The van der Waals surface area contributed by atoms with Crippen molar-refractivity contribution in [3.8, 4) is 0 Å². The van der Waals surface area contributed by atoms with Gasteiger partial charge in [-0.2, -0.15) is 4.31 Å². The van der Waals surface area contributed by atoms with Gasteiger partial charge in [0, 0.05) is 22.8 Å². The Labute approximate surface area is 130 Å². The smallest absolute Gasteiger partial charge is 0.336 e. The lowest BCUT2D eigenvalue weighted by Gasteiger charge is -2.20. The summed E-state index contributed by atoms with van der Waals surface area (Å²) in [5.74, 6) is -1.11. The number of hydrogen-bond acceptors (Lipinski definition) is 5. The number of nitrogens with zero attached hydrogens (tertiary/aromatic N) is 1. The lowest BCUT2D eigenvalue weighted by Crippen LogP contribution is -2.31. The predicted octanol–water partition coefficient (Wildman–Crippen LogP) is 2.86. The first kappa shape index (κ1) is 14.7. The van der Waals surface area contributed by atoms with Crippen molar-refractivity contribution in [3.63, 3.8) is 0 Å². The molecule has 2 aromatic rings. The zero-order valence-corrected chi connectivity index (χ0v) is 13.4. The lowest BCUT2D eigenvalue weighted by molar-refractivity contribution is 0.0697. The molecular formula is C13H13NO4S3. The van der Waals surface area contributed by atoms with E-state index in [0.717, 1.165) is 29.1 Å². The van der Waals surface area contributed by atoms with Crippen LogP contribution in [0.15, 0.2) is 33.2 Å². The molecule has 5 nitrogen and oxygen atoms in total. The minimum Gasteiger partial charge on any atom is -0.478 e. The minimum atomic E-state index is -3.63. The van der Waals surface area contributed by atoms with E-state index in [0.29, 0.717) is 6.54 Å². The maximum Gasteiger partial charge on any atom is 0.336 e. The molecule has 1 aliphatic rings. The molecule has 0 aromatic carbocycles. The Hall–Kier alpha value is -1.22. The first-order chi connectivity index (χ1) is 9.98. The molecule has 0 bridgehead atoms. The zero-order valence-electron chi connectivity index (χ0n) is 10.9. The van der Waals surface area contributed by atoms with Crippen molar-refractivity contribution >= 4 is 38.7 Å². The van der Waals surface area contributed by atoms with Crippen LogP contribution in [-0.2, 0) is 16.6 Å². The maximum atomic E-state index is 12.7. The number of carboxylic acids is 1. The van der Waals surface area contributed by atoms with Crippen molar-refractivity contribution in [2.45, 2.75) is 29.6 Å². The molecule has 1 saturated carbocycles. The average molecular weight is 343 g/mol.